The lowest BCUT2D eigenvalue weighted by Crippen LogP contribution is -2.07. The van der Waals surface area contributed by atoms with Gasteiger partial charge in [-0.15, -0.1) is 0 Å². The Labute approximate surface area is 132 Å². The Bertz CT molecular complexity index is 416. The third-order valence-corrected chi connectivity index (χ3v) is 3.68. The van der Waals surface area contributed by atoms with Crippen LogP contribution in [0.15, 0.2) is 30.3 Å². The quantitative estimate of drug-likeness (QED) is 0.337. The molecule has 122 valence electrons. The molecular weight excluding hydrogens is 280 g/mol. The fraction of sp³-hybridized carbons (Fsp3) is 0.556. The molecule has 0 aliphatic heterocycles. The van der Waals surface area contributed by atoms with E-state index >= 15 is 0 Å². The maximum Gasteiger partial charge on any atom is 0.305 e. The molecule has 0 aromatic heterocycles. The van der Waals surface area contributed by atoms with E-state index in [2.05, 4.69) is 4.74 Å². The number of methoxy groups -OCH3 is 1. The molecular formula is C18H26O4. The fourth-order valence-electron chi connectivity index (χ4n) is 2.34. The molecule has 0 amide bonds. The van der Waals surface area contributed by atoms with Crippen molar-refractivity contribution in [3.63, 3.8) is 0 Å². The average molecular weight is 306 g/mol. The molecule has 0 aliphatic rings. The summed E-state index contributed by atoms with van der Waals surface area (Å²) >= 11 is 0. The van der Waals surface area contributed by atoms with Crippen LogP contribution in [0, 0.1) is 5.92 Å². The Morgan fingerprint density at radius 3 is 2.64 bits per heavy atom. The molecule has 0 radical (unpaired) electrons. The molecule has 1 aromatic carbocycles. The van der Waals surface area contributed by atoms with Crippen LogP contribution in [0.5, 0.6) is 0 Å². The van der Waals surface area contributed by atoms with Gasteiger partial charge in [-0.3, -0.25) is 4.79 Å². The predicted octanol–water partition coefficient (Wildman–Crippen LogP) is 3.53. The van der Waals surface area contributed by atoms with Crippen LogP contribution < -0.4 is 0 Å². The third kappa shape index (κ3) is 8.57. The van der Waals surface area contributed by atoms with E-state index in [1.165, 1.54) is 12.7 Å². The summed E-state index contributed by atoms with van der Waals surface area (Å²) in [4.78, 5) is 21.8. The number of carbonyl (C=O) groups is 2. The number of ether oxygens (including phenoxy) is 2. The van der Waals surface area contributed by atoms with E-state index in [1.54, 1.807) is 0 Å². The van der Waals surface area contributed by atoms with Crippen LogP contribution in [-0.4, -0.2) is 26.0 Å². The van der Waals surface area contributed by atoms with Crippen molar-refractivity contribution in [1.29, 1.82) is 0 Å². The van der Waals surface area contributed by atoms with E-state index in [0.717, 1.165) is 38.6 Å². The zero-order chi connectivity index (χ0) is 16.0. The molecule has 1 aromatic rings. The summed E-state index contributed by atoms with van der Waals surface area (Å²) in [5, 5.41) is 0. The minimum atomic E-state index is -0.206. The van der Waals surface area contributed by atoms with Crippen molar-refractivity contribution in [1.82, 2.24) is 0 Å². The summed E-state index contributed by atoms with van der Waals surface area (Å²) in [6.45, 7) is 1.36. The normalized spacial score (nSPS) is 11.9. The zero-order valence-corrected chi connectivity index (χ0v) is 13.3. The van der Waals surface area contributed by atoms with Gasteiger partial charge in [0.25, 0.3) is 0 Å². The van der Waals surface area contributed by atoms with Crippen molar-refractivity contribution in [3.05, 3.63) is 35.9 Å². The average Bonchev–Trinajstić information content (AvgIpc) is 2.56. The minimum absolute atomic E-state index is 0.206. The minimum Gasteiger partial charge on any atom is -0.469 e. The predicted molar refractivity (Wildman–Crippen MR) is 85.4 cm³/mol. The number of rotatable bonds is 12. The van der Waals surface area contributed by atoms with Crippen LogP contribution in [0.1, 0.15) is 44.1 Å². The molecule has 1 atom stereocenters. The van der Waals surface area contributed by atoms with Crippen LogP contribution in [0.25, 0.3) is 0 Å². The van der Waals surface area contributed by atoms with Crippen molar-refractivity contribution in [2.24, 2.45) is 5.92 Å². The number of benzene rings is 1. The highest BCUT2D eigenvalue weighted by molar-refractivity contribution is 5.69. The first-order valence-corrected chi connectivity index (χ1v) is 7.88. The zero-order valence-electron chi connectivity index (χ0n) is 13.3. The Morgan fingerprint density at radius 2 is 1.95 bits per heavy atom. The standard InChI is InChI=1S/C18H26O4/c1-21-18(20)11-10-16(12-13-19)7-5-6-14-22-15-17-8-3-2-4-9-17/h2-4,8-9,13,16H,5-7,10-12,14-15H2,1H3/t16-/m0/s1. The van der Waals surface area contributed by atoms with E-state index in [4.69, 9.17) is 4.74 Å². The maximum atomic E-state index is 11.1. The van der Waals surface area contributed by atoms with E-state index in [9.17, 15) is 9.59 Å². The number of aldehydes is 1. The lowest BCUT2D eigenvalue weighted by molar-refractivity contribution is -0.141. The summed E-state index contributed by atoms with van der Waals surface area (Å²) in [5.74, 6) is 0.0628. The Balaban J connectivity index is 2.09. The van der Waals surface area contributed by atoms with Crippen LogP contribution >= 0.6 is 0 Å². The summed E-state index contributed by atoms with van der Waals surface area (Å²) < 4.78 is 10.3. The highest BCUT2D eigenvalue weighted by Gasteiger charge is 2.11. The number of hydrogen-bond acceptors (Lipinski definition) is 4. The second-order valence-electron chi connectivity index (χ2n) is 5.42. The van der Waals surface area contributed by atoms with E-state index in [0.29, 0.717) is 19.4 Å². The first kappa shape index (κ1) is 18.4. The number of unbranched alkanes of at least 4 members (excludes halogenated alkanes) is 1. The highest BCUT2D eigenvalue weighted by atomic mass is 16.5. The molecule has 0 aliphatic carbocycles. The summed E-state index contributed by atoms with van der Waals surface area (Å²) in [5.41, 5.74) is 1.18. The molecule has 0 heterocycles. The van der Waals surface area contributed by atoms with E-state index in [1.807, 2.05) is 30.3 Å². The van der Waals surface area contributed by atoms with Gasteiger partial charge in [0.1, 0.15) is 6.29 Å². The van der Waals surface area contributed by atoms with Crippen molar-refractivity contribution in [2.45, 2.75) is 45.1 Å². The Morgan fingerprint density at radius 1 is 1.18 bits per heavy atom. The first-order chi connectivity index (χ1) is 10.8. The largest absolute Gasteiger partial charge is 0.469 e. The van der Waals surface area contributed by atoms with Crippen molar-refractivity contribution in [2.75, 3.05) is 13.7 Å². The van der Waals surface area contributed by atoms with Crippen LogP contribution in [-0.2, 0) is 25.7 Å². The second kappa shape index (κ2) is 11.9. The topological polar surface area (TPSA) is 52.6 Å². The lowest BCUT2D eigenvalue weighted by Gasteiger charge is -2.13. The molecule has 0 saturated heterocycles. The second-order valence-corrected chi connectivity index (χ2v) is 5.42. The van der Waals surface area contributed by atoms with Gasteiger partial charge in [-0.25, -0.2) is 0 Å². The molecule has 0 fully saturated rings. The fourth-order valence-corrected chi connectivity index (χ4v) is 2.34. The van der Waals surface area contributed by atoms with Gasteiger partial charge in [0, 0.05) is 19.4 Å². The molecule has 4 heteroatoms. The van der Waals surface area contributed by atoms with Crippen LogP contribution in [0.3, 0.4) is 0 Å². The van der Waals surface area contributed by atoms with Gasteiger partial charge in [0.15, 0.2) is 0 Å². The van der Waals surface area contributed by atoms with Gasteiger partial charge in [-0.05, 0) is 30.7 Å². The molecule has 1 rings (SSSR count). The molecule has 0 N–H and O–H groups in total. The Kier molecular flexibility index (Phi) is 9.96. The van der Waals surface area contributed by atoms with E-state index < -0.39 is 0 Å². The lowest BCUT2D eigenvalue weighted by atomic mass is 9.94. The molecule has 0 saturated carbocycles. The van der Waals surface area contributed by atoms with Crippen molar-refractivity contribution >= 4 is 12.3 Å². The van der Waals surface area contributed by atoms with E-state index in [-0.39, 0.29) is 11.9 Å². The number of hydrogen-bond donors (Lipinski definition) is 0. The number of esters is 1. The molecule has 0 spiro atoms. The summed E-state index contributed by atoms with van der Waals surface area (Å²) in [6.07, 6.45) is 5.49. The van der Waals surface area contributed by atoms with Crippen LogP contribution in [0.2, 0.25) is 0 Å². The van der Waals surface area contributed by atoms with Gasteiger partial charge >= 0.3 is 5.97 Å². The highest BCUT2D eigenvalue weighted by Crippen LogP contribution is 2.18. The smallest absolute Gasteiger partial charge is 0.305 e. The monoisotopic (exact) mass is 306 g/mol. The van der Waals surface area contributed by atoms with Gasteiger partial charge in [-0.1, -0.05) is 36.8 Å². The third-order valence-electron chi connectivity index (χ3n) is 3.68. The van der Waals surface area contributed by atoms with Crippen LogP contribution in [0.4, 0.5) is 0 Å². The van der Waals surface area contributed by atoms with Gasteiger partial charge < -0.3 is 14.3 Å². The van der Waals surface area contributed by atoms with Crippen molar-refractivity contribution < 1.29 is 19.1 Å². The number of carbonyl (C=O) groups excluding carboxylic acids is 2. The summed E-state index contributed by atoms with van der Waals surface area (Å²) in [6, 6.07) is 10.1. The molecule has 4 nitrogen and oxygen atoms in total. The SMILES string of the molecule is COC(=O)CC[C@@H](CC=O)CCCCOCc1ccccc1. The molecule has 22 heavy (non-hydrogen) atoms. The van der Waals surface area contributed by atoms with Crippen molar-refractivity contribution in [3.8, 4) is 0 Å². The molecule has 0 bridgehead atoms. The molecule has 0 unspecified atom stereocenters. The van der Waals surface area contributed by atoms with Gasteiger partial charge in [0.2, 0.25) is 0 Å². The Hall–Kier alpha value is -1.68. The first-order valence-electron chi connectivity index (χ1n) is 7.88. The van der Waals surface area contributed by atoms with Gasteiger partial charge in [-0.2, -0.15) is 0 Å². The summed E-state index contributed by atoms with van der Waals surface area (Å²) in [7, 11) is 1.39. The van der Waals surface area contributed by atoms with Gasteiger partial charge in [0.05, 0.1) is 13.7 Å². The maximum absolute atomic E-state index is 11.1.